The highest BCUT2D eigenvalue weighted by molar-refractivity contribution is 5.50. The van der Waals surface area contributed by atoms with Crippen molar-refractivity contribution in [2.45, 2.75) is 32.7 Å². The molecule has 0 aliphatic carbocycles. The van der Waals surface area contributed by atoms with Gasteiger partial charge in [0.25, 0.3) is 5.69 Å². The minimum absolute atomic E-state index is 0.128. The molecule has 2 aromatic carbocycles. The van der Waals surface area contributed by atoms with Crippen molar-refractivity contribution in [3.8, 4) is 0 Å². The van der Waals surface area contributed by atoms with Crippen LogP contribution in [0.25, 0.3) is 0 Å². The van der Waals surface area contributed by atoms with Crippen molar-refractivity contribution in [2.75, 3.05) is 5.32 Å². The first-order chi connectivity index (χ1) is 9.99. The summed E-state index contributed by atoms with van der Waals surface area (Å²) in [6.45, 7) is 6.23. The fourth-order valence-electron chi connectivity index (χ4n) is 2.31. The van der Waals surface area contributed by atoms with E-state index in [0.29, 0.717) is 11.5 Å². The van der Waals surface area contributed by atoms with E-state index in [-0.39, 0.29) is 16.7 Å². The normalized spacial score (nSPS) is 12.2. The summed E-state index contributed by atoms with van der Waals surface area (Å²) in [6.07, 6.45) is 0. The number of hydrogen-bond acceptors (Lipinski definition) is 3. The Morgan fingerprint density at radius 1 is 1.00 bits per heavy atom. The Kier molecular flexibility index (Phi) is 4.58. The number of para-hydroxylation sites is 1. The molecule has 0 aliphatic heterocycles. The fourth-order valence-corrected chi connectivity index (χ4v) is 2.31. The van der Waals surface area contributed by atoms with Gasteiger partial charge in [0.2, 0.25) is 0 Å². The zero-order valence-electron chi connectivity index (χ0n) is 12.5. The molecule has 0 aromatic heterocycles. The minimum Gasteiger partial charge on any atom is -0.378 e. The lowest BCUT2D eigenvalue weighted by molar-refractivity contribution is -0.385. The first-order valence-corrected chi connectivity index (χ1v) is 7.09. The van der Waals surface area contributed by atoms with Gasteiger partial charge in [0, 0.05) is 11.8 Å². The van der Waals surface area contributed by atoms with Gasteiger partial charge < -0.3 is 5.32 Å². The first kappa shape index (κ1) is 15.0. The van der Waals surface area contributed by atoms with Crippen molar-refractivity contribution in [2.24, 2.45) is 0 Å². The van der Waals surface area contributed by atoms with Crippen molar-refractivity contribution >= 4 is 11.4 Å². The van der Waals surface area contributed by atoms with Crippen molar-refractivity contribution in [3.63, 3.8) is 0 Å². The largest absolute Gasteiger partial charge is 0.378 e. The van der Waals surface area contributed by atoms with E-state index in [1.807, 2.05) is 25.1 Å². The second-order valence-electron chi connectivity index (χ2n) is 5.46. The van der Waals surface area contributed by atoms with E-state index in [0.717, 1.165) is 5.69 Å². The lowest BCUT2D eigenvalue weighted by Crippen LogP contribution is -2.09. The average molecular weight is 284 g/mol. The number of anilines is 1. The van der Waals surface area contributed by atoms with Gasteiger partial charge in [-0.3, -0.25) is 10.1 Å². The number of nitrogens with zero attached hydrogens (tertiary/aromatic N) is 1. The second kappa shape index (κ2) is 6.39. The van der Waals surface area contributed by atoms with Gasteiger partial charge >= 0.3 is 0 Å². The van der Waals surface area contributed by atoms with Crippen molar-refractivity contribution in [1.82, 2.24) is 0 Å². The van der Waals surface area contributed by atoms with Gasteiger partial charge in [0.05, 0.1) is 16.5 Å². The van der Waals surface area contributed by atoms with Crippen LogP contribution in [-0.4, -0.2) is 4.92 Å². The molecule has 1 unspecified atom stereocenters. The highest BCUT2D eigenvalue weighted by atomic mass is 16.6. The van der Waals surface area contributed by atoms with E-state index in [2.05, 4.69) is 31.3 Å². The molecule has 2 aromatic rings. The molecule has 0 saturated carbocycles. The highest BCUT2D eigenvalue weighted by Gasteiger charge is 2.17. The van der Waals surface area contributed by atoms with Crippen LogP contribution in [0.5, 0.6) is 0 Å². The summed E-state index contributed by atoms with van der Waals surface area (Å²) < 4.78 is 0. The van der Waals surface area contributed by atoms with Crippen LogP contribution in [0.3, 0.4) is 0 Å². The van der Waals surface area contributed by atoms with Gasteiger partial charge in [-0.2, -0.15) is 0 Å². The summed E-state index contributed by atoms with van der Waals surface area (Å²) >= 11 is 0. The average Bonchev–Trinajstić information content (AvgIpc) is 2.47. The zero-order valence-corrected chi connectivity index (χ0v) is 12.5. The molecule has 4 nitrogen and oxygen atoms in total. The van der Waals surface area contributed by atoms with Crippen LogP contribution >= 0.6 is 0 Å². The maximum atomic E-state index is 11.1. The third-order valence-electron chi connectivity index (χ3n) is 3.56. The summed E-state index contributed by atoms with van der Waals surface area (Å²) in [5.74, 6) is 0.492. The minimum atomic E-state index is -0.338. The first-order valence-electron chi connectivity index (χ1n) is 7.09. The SMILES string of the molecule is CC(C)c1ccc(NC(C)c2ccccc2[N+](=O)[O-])cc1. The molecule has 1 N–H and O–H groups in total. The molecule has 4 heteroatoms. The number of nitrogens with one attached hydrogen (secondary N) is 1. The predicted molar refractivity (Wildman–Crippen MR) is 85.7 cm³/mol. The molecule has 0 radical (unpaired) electrons. The smallest absolute Gasteiger partial charge is 0.274 e. The Bertz CT molecular complexity index is 621. The summed E-state index contributed by atoms with van der Waals surface area (Å²) in [6, 6.07) is 14.9. The molecule has 21 heavy (non-hydrogen) atoms. The molecule has 2 rings (SSSR count). The maximum absolute atomic E-state index is 11.1. The van der Waals surface area contributed by atoms with Crippen LogP contribution in [0.4, 0.5) is 11.4 Å². The lowest BCUT2D eigenvalue weighted by atomic mass is 10.0. The van der Waals surface area contributed by atoms with Gasteiger partial charge in [-0.15, -0.1) is 0 Å². The van der Waals surface area contributed by atoms with Gasteiger partial charge in [0.1, 0.15) is 0 Å². The van der Waals surface area contributed by atoms with Crippen molar-refractivity contribution in [3.05, 3.63) is 69.8 Å². The van der Waals surface area contributed by atoms with Gasteiger partial charge in [-0.25, -0.2) is 0 Å². The Labute approximate surface area is 125 Å². The molecule has 0 spiro atoms. The lowest BCUT2D eigenvalue weighted by Gasteiger charge is -2.16. The van der Waals surface area contributed by atoms with Gasteiger partial charge in [0.15, 0.2) is 0 Å². The molecular weight excluding hydrogens is 264 g/mol. The summed E-state index contributed by atoms with van der Waals surface area (Å²) in [5.41, 5.74) is 3.08. The van der Waals surface area contributed by atoms with Crippen molar-refractivity contribution in [1.29, 1.82) is 0 Å². The molecule has 0 aliphatic rings. The van der Waals surface area contributed by atoms with Gasteiger partial charge in [-0.1, -0.05) is 44.2 Å². The van der Waals surface area contributed by atoms with Crippen LogP contribution in [0.1, 0.15) is 43.9 Å². The quantitative estimate of drug-likeness (QED) is 0.628. The third kappa shape index (κ3) is 3.60. The van der Waals surface area contributed by atoms with Crippen LogP contribution < -0.4 is 5.32 Å². The van der Waals surface area contributed by atoms with E-state index in [1.54, 1.807) is 12.1 Å². The number of rotatable bonds is 5. The standard InChI is InChI=1S/C17H20N2O2/c1-12(2)14-8-10-15(11-9-14)18-13(3)16-6-4-5-7-17(16)19(20)21/h4-13,18H,1-3H3. The molecule has 0 heterocycles. The maximum Gasteiger partial charge on any atom is 0.274 e. The Balaban J connectivity index is 2.18. The Hall–Kier alpha value is -2.36. The molecule has 110 valence electrons. The summed E-state index contributed by atoms with van der Waals surface area (Å²) in [7, 11) is 0. The van der Waals surface area contributed by atoms with Crippen LogP contribution in [0.15, 0.2) is 48.5 Å². The zero-order chi connectivity index (χ0) is 15.4. The molecule has 0 amide bonds. The second-order valence-corrected chi connectivity index (χ2v) is 5.46. The molecular formula is C17H20N2O2. The molecule has 0 fully saturated rings. The van der Waals surface area contributed by atoms with Crippen LogP contribution in [-0.2, 0) is 0 Å². The number of nitro benzene ring substituents is 1. The van der Waals surface area contributed by atoms with E-state index in [4.69, 9.17) is 0 Å². The Morgan fingerprint density at radius 3 is 2.19 bits per heavy atom. The topological polar surface area (TPSA) is 55.2 Å². The summed E-state index contributed by atoms with van der Waals surface area (Å²) in [4.78, 5) is 10.7. The number of benzene rings is 2. The summed E-state index contributed by atoms with van der Waals surface area (Å²) in [5, 5.41) is 14.4. The monoisotopic (exact) mass is 284 g/mol. The predicted octanol–water partition coefficient (Wildman–Crippen LogP) is 4.89. The molecule has 0 saturated heterocycles. The number of hydrogen-bond donors (Lipinski definition) is 1. The number of nitro groups is 1. The Morgan fingerprint density at radius 2 is 1.62 bits per heavy atom. The van der Waals surface area contributed by atoms with E-state index in [1.165, 1.54) is 11.6 Å². The molecule has 0 bridgehead atoms. The van der Waals surface area contributed by atoms with E-state index < -0.39 is 0 Å². The van der Waals surface area contributed by atoms with E-state index >= 15 is 0 Å². The van der Waals surface area contributed by atoms with Crippen molar-refractivity contribution < 1.29 is 4.92 Å². The molecule has 1 atom stereocenters. The van der Waals surface area contributed by atoms with E-state index in [9.17, 15) is 10.1 Å². The van der Waals surface area contributed by atoms with Crippen LogP contribution in [0.2, 0.25) is 0 Å². The van der Waals surface area contributed by atoms with Gasteiger partial charge in [-0.05, 0) is 30.5 Å². The third-order valence-corrected chi connectivity index (χ3v) is 3.56. The van der Waals surface area contributed by atoms with Crippen LogP contribution in [0, 0.1) is 10.1 Å². The fraction of sp³-hybridized carbons (Fsp3) is 0.294. The highest BCUT2D eigenvalue weighted by Crippen LogP contribution is 2.27.